The van der Waals surface area contributed by atoms with Gasteiger partial charge in [-0.2, -0.15) is 0 Å². The fraction of sp³-hybridized carbons (Fsp3) is 0.235. The Balaban J connectivity index is 1.72. The van der Waals surface area contributed by atoms with Crippen LogP contribution in [0.2, 0.25) is 5.02 Å². The van der Waals surface area contributed by atoms with Crippen molar-refractivity contribution in [1.29, 1.82) is 0 Å². The Morgan fingerprint density at radius 3 is 2.78 bits per heavy atom. The molecule has 1 heterocycles. The minimum Gasteiger partial charge on any atom is -0.408 e. The molecule has 0 radical (unpaired) electrons. The van der Waals surface area contributed by atoms with Gasteiger partial charge in [-0.25, -0.2) is 9.18 Å². The minimum atomic E-state index is -0.386. The number of para-hydroxylation sites is 2. The second-order valence-electron chi connectivity index (χ2n) is 5.43. The molecule has 0 spiro atoms. The van der Waals surface area contributed by atoms with Gasteiger partial charge < -0.3 is 9.32 Å². The highest BCUT2D eigenvalue weighted by atomic mass is 35.5. The maximum Gasteiger partial charge on any atom is 0.419 e. The first-order valence-corrected chi connectivity index (χ1v) is 7.64. The first-order valence-electron chi connectivity index (χ1n) is 7.26. The number of hydrogen-bond acceptors (Lipinski definition) is 3. The molecule has 0 aliphatic rings. The Morgan fingerprint density at radius 2 is 2.00 bits per heavy atom. The number of rotatable bonds is 5. The summed E-state index contributed by atoms with van der Waals surface area (Å²) in [4.78, 5) is 13.8. The second kappa shape index (κ2) is 6.56. The summed E-state index contributed by atoms with van der Waals surface area (Å²) in [6.07, 6.45) is 0. The Bertz CT molecular complexity index is 867. The molecule has 1 aromatic heterocycles. The number of oxazole rings is 1. The first kappa shape index (κ1) is 15.8. The number of aromatic nitrogens is 1. The van der Waals surface area contributed by atoms with Gasteiger partial charge in [0.25, 0.3) is 0 Å². The molecule has 0 bridgehead atoms. The molecule has 0 N–H and O–H groups in total. The molecular formula is C17H16ClFN2O2. The lowest BCUT2D eigenvalue weighted by Crippen LogP contribution is -2.26. The summed E-state index contributed by atoms with van der Waals surface area (Å²) in [7, 11) is 1.86. The Hall–Kier alpha value is -2.11. The summed E-state index contributed by atoms with van der Waals surface area (Å²) in [5, 5.41) is 0.405. The highest BCUT2D eigenvalue weighted by Crippen LogP contribution is 2.20. The Morgan fingerprint density at radius 1 is 1.22 bits per heavy atom. The van der Waals surface area contributed by atoms with Crippen LogP contribution < -0.4 is 5.76 Å². The van der Waals surface area contributed by atoms with Crippen molar-refractivity contribution in [3.8, 4) is 0 Å². The summed E-state index contributed by atoms with van der Waals surface area (Å²) in [6.45, 7) is 1.39. The van der Waals surface area contributed by atoms with Crippen molar-refractivity contribution in [2.45, 2.75) is 13.1 Å². The summed E-state index contributed by atoms with van der Waals surface area (Å²) < 4.78 is 20.6. The molecule has 3 rings (SSSR count). The van der Waals surface area contributed by atoms with E-state index in [1.54, 1.807) is 22.8 Å². The molecule has 120 valence electrons. The van der Waals surface area contributed by atoms with Crippen LogP contribution in [0.25, 0.3) is 11.1 Å². The maximum atomic E-state index is 13.8. The topological polar surface area (TPSA) is 38.4 Å². The van der Waals surface area contributed by atoms with Crippen molar-refractivity contribution < 1.29 is 8.81 Å². The van der Waals surface area contributed by atoms with E-state index in [9.17, 15) is 9.18 Å². The fourth-order valence-electron chi connectivity index (χ4n) is 2.53. The van der Waals surface area contributed by atoms with E-state index >= 15 is 0 Å². The van der Waals surface area contributed by atoms with E-state index in [0.717, 1.165) is 5.52 Å². The van der Waals surface area contributed by atoms with Crippen LogP contribution in [0.3, 0.4) is 0 Å². The predicted molar refractivity (Wildman–Crippen MR) is 88.2 cm³/mol. The SMILES string of the molecule is CN(CCn1c(=O)oc2ccccc21)Cc1c(F)cccc1Cl. The van der Waals surface area contributed by atoms with E-state index in [2.05, 4.69) is 0 Å². The van der Waals surface area contributed by atoms with Crippen LogP contribution >= 0.6 is 11.6 Å². The summed E-state index contributed by atoms with van der Waals surface area (Å²) in [6, 6.07) is 11.9. The van der Waals surface area contributed by atoms with Crippen molar-refractivity contribution in [3.05, 3.63) is 69.4 Å². The largest absolute Gasteiger partial charge is 0.419 e. The molecular weight excluding hydrogens is 319 g/mol. The molecule has 2 aromatic carbocycles. The molecule has 0 aliphatic heterocycles. The third-order valence-corrected chi connectivity index (χ3v) is 4.12. The molecule has 0 saturated heterocycles. The number of nitrogens with zero attached hydrogens (tertiary/aromatic N) is 2. The zero-order valence-corrected chi connectivity index (χ0v) is 13.4. The number of likely N-dealkylation sites (N-methyl/N-ethyl adjacent to an activating group) is 1. The maximum absolute atomic E-state index is 13.8. The number of halogens is 2. The van der Waals surface area contributed by atoms with Crippen molar-refractivity contribution in [2.75, 3.05) is 13.6 Å². The highest BCUT2D eigenvalue weighted by molar-refractivity contribution is 6.31. The zero-order valence-electron chi connectivity index (χ0n) is 12.6. The quantitative estimate of drug-likeness (QED) is 0.716. The van der Waals surface area contributed by atoms with Crippen LogP contribution in [0.15, 0.2) is 51.7 Å². The second-order valence-corrected chi connectivity index (χ2v) is 5.83. The summed E-state index contributed by atoms with van der Waals surface area (Å²) in [5.41, 5.74) is 1.79. The van der Waals surface area contributed by atoms with Gasteiger partial charge in [0, 0.05) is 30.2 Å². The zero-order chi connectivity index (χ0) is 16.4. The molecule has 0 fully saturated rings. The van der Waals surface area contributed by atoms with Gasteiger partial charge in [-0.05, 0) is 31.3 Å². The van der Waals surface area contributed by atoms with Crippen molar-refractivity contribution in [2.24, 2.45) is 0 Å². The summed E-state index contributed by atoms with van der Waals surface area (Å²) >= 11 is 6.04. The molecule has 0 amide bonds. The van der Waals surface area contributed by atoms with Crippen molar-refractivity contribution in [1.82, 2.24) is 9.47 Å². The van der Waals surface area contributed by atoms with Gasteiger partial charge in [-0.1, -0.05) is 29.8 Å². The van der Waals surface area contributed by atoms with Crippen LogP contribution in [0.4, 0.5) is 4.39 Å². The molecule has 0 saturated carbocycles. The van der Waals surface area contributed by atoms with E-state index in [1.807, 2.05) is 30.1 Å². The lowest BCUT2D eigenvalue weighted by atomic mass is 10.2. The van der Waals surface area contributed by atoms with E-state index in [1.165, 1.54) is 6.07 Å². The number of benzene rings is 2. The molecule has 3 aromatic rings. The molecule has 6 heteroatoms. The molecule has 4 nitrogen and oxygen atoms in total. The number of hydrogen-bond donors (Lipinski definition) is 0. The standard InChI is InChI=1S/C17H16ClFN2O2/c1-20(11-12-13(18)5-4-6-14(12)19)9-10-21-15-7-2-3-8-16(15)23-17(21)22/h2-8H,9-11H2,1H3. The number of fused-ring (bicyclic) bond motifs is 1. The van der Waals surface area contributed by atoms with E-state index in [4.69, 9.17) is 16.0 Å². The fourth-order valence-corrected chi connectivity index (χ4v) is 2.75. The van der Waals surface area contributed by atoms with E-state index in [0.29, 0.717) is 35.8 Å². The van der Waals surface area contributed by atoms with Crippen LogP contribution in [0.1, 0.15) is 5.56 Å². The van der Waals surface area contributed by atoms with Crippen LogP contribution in [0, 0.1) is 5.82 Å². The van der Waals surface area contributed by atoms with Gasteiger partial charge in [0.2, 0.25) is 0 Å². The first-order chi connectivity index (χ1) is 11.1. The molecule has 0 atom stereocenters. The summed E-state index contributed by atoms with van der Waals surface area (Å²) in [5.74, 6) is -0.709. The minimum absolute atomic E-state index is 0.324. The smallest absolute Gasteiger partial charge is 0.408 e. The third kappa shape index (κ3) is 3.30. The van der Waals surface area contributed by atoms with Crippen molar-refractivity contribution in [3.63, 3.8) is 0 Å². The van der Waals surface area contributed by atoms with E-state index in [-0.39, 0.29) is 11.6 Å². The van der Waals surface area contributed by atoms with Gasteiger partial charge >= 0.3 is 5.76 Å². The highest BCUT2D eigenvalue weighted by Gasteiger charge is 2.12. The monoisotopic (exact) mass is 334 g/mol. The van der Waals surface area contributed by atoms with Crippen molar-refractivity contribution >= 4 is 22.7 Å². The van der Waals surface area contributed by atoms with Crippen LogP contribution in [-0.2, 0) is 13.1 Å². The van der Waals surface area contributed by atoms with E-state index < -0.39 is 0 Å². The third-order valence-electron chi connectivity index (χ3n) is 3.77. The lowest BCUT2D eigenvalue weighted by Gasteiger charge is -2.18. The van der Waals surface area contributed by atoms with Gasteiger partial charge in [0.15, 0.2) is 5.58 Å². The lowest BCUT2D eigenvalue weighted by molar-refractivity contribution is 0.303. The average molecular weight is 335 g/mol. The van der Waals surface area contributed by atoms with Crippen LogP contribution in [-0.4, -0.2) is 23.1 Å². The van der Waals surface area contributed by atoms with Crippen LogP contribution in [0.5, 0.6) is 0 Å². The molecule has 0 unspecified atom stereocenters. The van der Waals surface area contributed by atoms with Gasteiger partial charge in [-0.3, -0.25) is 4.57 Å². The predicted octanol–water partition coefficient (Wildman–Crippen LogP) is 3.52. The Kier molecular flexibility index (Phi) is 4.50. The van der Waals surface area contributed by atoms with Gasteiger partial charge in [0.05, 0.1) is 5.52 Å². The van der Waals surface area contributed by atoms with Gasteiger partial charge in [0.1, 0.15) is 5.82 Å². The molecule has 23 heavy (non-hydrogen) atoms. The normalized spacial score (nSPS) is 11.5. The van der Waals surface area contributed by atoms with Gasteiger partial charge in [-0.15, -0.1) is 0 Å². The Labute approximate surface area is 137 Å². The molecule has 0 aliphatic carbocycles. The average Bonchev–Trinajstić information content (AvgIpc) is 2.84.